The van der Waals surface area contributed by atoms with Gasteiger partial charge in [-0.2, -0.15) is 0 Å². The van der Waals surface area contributed by atoms with Crippen LogP contribution in [0.15, 0.2) is 0 Å². The molecule has 9 nitrogen and oxygen atoms in total. The SMILES string of the molecule is CNCCOCCNC(=O)[C@@H](O)[C@H](O)[C@H](O)[C@@H](O)C(C)=O. The maximum Gasteiger partial charge on any atom is 0.251 e. The molecule has 1 amide bonds. The molecule has 4 atom stereocenters. The zero-order chi connectivity index (χ0) is 16.4. The number of hydrogen-bond donors (Lipinski definition) is 6. The second-order valence-electron chi connectivity index (χ2n) is 4.49. The van der Waals surface area contributed by atoms with E-state index in [1.807, 2.05) is 0 Å². The average molecular weight is 308 g/mol. The van der Waals surface area contributed by atoms with Crippen LogP contribution in [0.5, 0.6) is 0 Å². The van der Waals surface area contributed by atoms with E-state index in [-0.39, 0.29) is 13.2 Å². The van der Waals surface area contributed by atoms with Crippen LogP contribution in [0, 0.1) is 0 Å². The number of ketones is 1. The van der Waals surface area contributed by atoms with E-state index in [4.69, 9.17) is 4.74 Å². The fraction of sp³-hybridized carbons (Fsp3) is 0.833. The fourth-order valence-corrected chi connectivity index (χ4v) is 1.40. The van der Waals surface area contributed by atoms with Crippen LogP contribution in [-0.2, 0) is 14.3 Å². The average Bonchev–Trinajstić information content (AvgIpc) is 2.47. The van der Waals surface area contributed by atoms with E-state index in [1.165, 1.54) is 0 Å². The summed E-state index contributed by atoms with van der Waals surface area (Å²) >= 11 is 0. The first-order chi connectivity index (χ1) is 9.82. The largest absolute Gasteiger partial charge is 0.387 e. The number of rotatable bonds is 11. The van der Waals surface area contributed by atoms with Crippen molar-refractivity contribution in [1.29, 1.82) is 0 Å². The highest BCUT2D eigenvalue weighted by atomic mass is 16.5. The standard InChI is InChI=1S/C12H24N2O7/c1-7(15)8(16)9(17)10(18)11(19)12(20)14-4-6-21-5-3-13-2/h8-11,13,16-19H,3-6H2,1-2H3,(H,14,20)/t8-,9+,10+,11-/m0/s1. The Bertz CT molecular complexity index is 327. The summed E-state index contributed by atoms with van der Waals surface area (Å²) in [6, 6.07) is 0. The Morgan fingerprint density at radius 1 is 1.00 bits per heavy atom. The lowest BCUT2D eigenvalue weighted by Crippen LogP contribution is -2.52. The first-order valence-electron chi connectivity index (χ1n) is 6.55. The van der Waals surface area contributed by atoms with Crippen LogP contribution in [0.1, 0.15) is 6.92 Å². The molecular weight excluding hydrogens is 284 g/mol. The third kappa shape index (κ3) is 7.46. The molecule has 0 saturated heterocycles. The third-order valence-corrected chi connectivity index (χ3v) is 2.72. The Balaban J connectivity index is 4.10. The third-order valence-electron chi connectivity index (χ3n) is 2.72. The van der Waals surface area contributed by atoms with Gasteiger partial charge in [-0.05, 0) is 14.0 Å². The Morgan fingerprint density at radius 2 is 1.52 bits per heavy atom. The minimum absolute atomic E-state index is 0.109. The molecule has 6 N–H and O–H groups in total. The molecule has 0 radical (unpaired) electrons. The number of aliphatic hydroxyl groups excluding tert-OH is 4. The lowest BCUT2D eigenvalue weighted by atomic mass is 10.0. The van der Waals surface area contributed by atoms with Gasteiger partial charge in [0.25, 0.3) is 5.91 Å². The first-order valence-corrected chi connectivity index (χ1v) is 6.55. The van der Waals surface area contributed by atoms with Gasteiger partial charge >= 0.3 is 0 Å². The molecule has 21 heavy (non-hydrogen) atoms. The van der Waals surface area contributed by atoms with Crippen molar-refractivity contribution >= 4 is 11.7 Å². The molecule has 0 heterocycles. The molecule has 0 rings (SSSR count). The molecule has 0 aliphatic carbocycles. The van der Waals surface area contributed by atoms with Crippen LogP contribution in [-0.4, -0.2) is 89.9 Å². The summed E-state index contributed by atoms with van der Waals surface area (Å²) in [7, 11) is 1.77. The van der Waals surface area contributed by atoms with Gasteiger partial charge in [0.2, 0.25) is 0 Å². The molecule has 0 fully saturated rings. The zero-order valence-corrected chi connectivity index (χ0v) is 12.2. The molecule has 0 aromatic rings. The van der Waals surface area contributed by atoms with Gasteiger partial charge in [-0.1, -0.05) is 0 Å². The van der Waals surface area contributed by atoms with Gasteiger partial charge in [-0.25, -0.2) is 0 Å². The van der Waals surface area contributed by atoms with E-state index in [1.54, 1.807) is 7.05 Å². The van der Waals surface area contributed by atoms with Crippen molar-refractivity contribution in [2.75, 3.05) is 33.4 Å². The molecule has 0 aromatic heterocycles. The number of carbonyl (C=O) groups is 2. The van der Waals surface area contributed by atoms with Gasteiger partial charge in [0, 0.05) is 13.1 Å². The highest BCUT2D eigenvalue weighted by Gasteiger charge is 2.35. The van der Waals surface area contributed by atoms with E-state index >= 15 is 0 Å². The van der Waals surface area contributed by atoms with Crippen LogP contribution in [0.25, 0.3) is 0 Å². The Kier molecular flexibility index (Phi) is 10.0. The Morgan fingerprint density at radius 3 is 2.05 bits per heavy atom. The molecule has 0 aliphatic heterocycles. The van der Waals surface area contributed by atoms with Gasteiger partial charge in [-0.3, -0.25) is 9.59 Å². The lowest BCUT2D eigenvalue weighted by Gasteiger charge is -2.24. The minimum Gasteiger partial charge on any atom is -0.387 e. The van der Waals surface area contributed by atoms with Gasteiger partial charge in [0.1, 0.15) is 18.3 Å². The zero-order valence-electron chi connectivity index (χ0n) is 12.2. The van der Waals surface area contributed by atoms with E-state index in [0.717, 1.165) is 6.92 Å². The predicted molar refractivity (Wildman–Crippen MR) is 72.5 cm³/mol. The second-order valence-corrected chi connectivity index (χ2v) is 4.49. The minimum atomic E-state index is -1.98. The number of likely N-dealkylation sites (N-methyl/N-ethyl adjacent to an activating group) is 1. The summed E-state index contributed by atoms with van der Waals surface area (Å²) in [6.45, 7) is 2.45. The van der Waals surface area contributed by atoms with Crippen molar-refractivity contribution in [2.45, 2.75) is 31.3 Å². The quantitative estimate of drug-likeness (QED) is 0.214. The van der Waals surface area contributed by atoms with Crippen LogP contribution < -0.4 is 10.6 Å². The van der Waals surface area contributed by atoms with Crippen LogP contribution in [0.2, 0.25) is 0 Å². The van der Waals surface area contributed by atoms with Crippen LogP contribution in [0.3, 0.4) is 0 Å². The molecule has 0 unspecified atom stereocenters. The summed E-state index contributed by atoms with van der Waals surface area (Å²) in [4.78, 5) is 22.4. The molecule has 9 heteroatoms. The monoisotopic (exact) mass is 308 g/mol. The van der Waals surface area contributed by atoms with Gasteiger partial charge < -0.3 is 35.8 Å². The number of amides is 1. The van der Waals surface area contributed by atoms with Crippen LogP contribution in [0.4, 0.5) is 0 Å². The van der Waals surface area contributed by atoms with Crippen molar-refractivity contribution in [3.63, 3.8) is 0 Å². The smallest absolute Gasteiger partial charge is 0.251 e. The van der Waals surface area contributed by atoms with Crippen molar-refractivity contribution < 1.29 is 34.8 Å². The van der Waals surface area contributed by atoms with Crippen LogP contribution >= 0.6 is 0 Å². The van der Waals surface area contributed by atoms with Crippen molar-refractivity contribution in [3.8, 4) is 0 Å². The number of Topliss-reactive ketones (excluding diaryl/α,β-unsaturated/α-hetero) is 1. The molecule has 0 aromatic carbocycles. The van der Waals surface area contributed by atoms with E-state index in [0.29, 0.717) is 13.2 Å². The number of carbonyl (C=O) groups excluding carboxylic acids is 2. The van der Waals surface area contributed by atoms with E-state index in [9.17, 15) is 30.0 Å². The number of aliphatic hydroxyl groups is 4. The van der Waals surface area contributed by atoms with Gasteiger partial charge in [-0.15, -0.1) is 0 Å². The topological polar surface area (TPSA) is 148 Å². The molecule has 124 valence electrons. The number of hydrogen-bond acceptors (Lipinski definition) is 8. The number of nitrogens with one attached hydrogen (secondary N) is 2. The molecule has 0 bridgehead atoms. The highest BCUT2D eigenvalue weighted by Crippen LogP contribution is 2.06. The fourth-order valence-electron chi connectivity index (χ4n) is 1.40. The summed E-state index contributed by atoms with van der Waals surface area (Å²) in [5.74, 6) is -1.72. The maximum absolute atomic E-state index is 11.5. The summed E-state index contributed by atoms with van der Waals surface area (Å²) in [6.07, 6.45) is -7.76. The lowest BCUT2D eigenvalue weighted by molar-refractivity contribution is -0.153. The Labute approximate surface area is 122 Å². The van der Waals surface area contributed by atoms with Gasteiger partial charge in [0.05, 0.1) is 13.2 Å². The second kappa shape index (κ2) is 10.6. The number of ether oxygens (including phenoxy) is 1. The maximum atomic E-state index is 11.5. The van der Waals surface area contributed by atoms with Crippen molar-refractivity contribution in [3.05, 3.63) is 0 Å². The van der Waals surface area contributed by atoms with E-state index in [2.05, 4.69) is 10.6 Å². The predicted octanol–water partition coefficient (Wildman–Crippen LogP) is -3.63. The molecular formula is C12H24N2O7. The van der Waals surface area contributed by atoms with Gasteiger partial charge in [0.15, 0.2) is 11.9 Å². The highest BCUT2D eigenvalue weighted by molar-refractivity contribution is 5.83. The van der Waals surface area contributed by atoms with Crippen molar-refractivity contribution in [2.24, 2.45) is 0 Å². The molecule has 0 saturated carbocycles. The normalized spacial score (nSPS) is 16.9. The molecule has 0 spiro atoms. The Hall–Kier alpha value is -1.10. The summed E-state index contributed by atoms with van der Waals surface area (Å²) in [5, 5.41) is 42.9. The van der Waals surface area contributed by atoms with E-state index < -0.39 is 36.1 Å². The summed E-state index contributed by atoms with van der Waals surface area (Å²) in [5.41, 5.74) is 0. The first kappa shape index (κ1) is 19.9. The van der Waals surface area contributed by atoms with Crippen molar-refractivity contribution in [1.82, 2.24) is 10.6 Å². The molecule has 0 aliphatic rings. The summed E-state index contributed by atoms with van der Waals surface area (Å²) < 4.78 is 5.13.